The number of nitrogens with two attached hydrogens (primary N) is 1. The molecule has 1 amide bonds. The van der Waals surface area contributed by atoms with Crippen LogP contribution in [0.5, 0.6) is 0 Å². The van der Waals surface area contributed by atoms with Crippen molar-refractivity contribution in [3.63, 3.8) is 0 Å². The molecule has 2 rings (SSSR count). The highest BCUT2D eigenvalue weighted by atomic mass is 35.5. The molecule has 5 nitrogen and oxygen atoms in total. The SMILES string of the molecule is CC(CN)(NC(=O)CCOCC1CCCO1)C1CC1.Cl. The predicted molar refractivity (Wildman–Crippen MR) is 80.0 cm³/mol. The van der Waals surface area contributed by atoms with Crippen LogP contribution in [0, 0.1) is 5.92 Å². The van der Waals surface area contributed by atoms with Gasteiger partial charge in [0.05, 0.1) is 24.9 Å². The number of halogens is 1. The lowest BCUT2D eigenvalue weighted by molar-refractivity contribution is -0.124. The molecule has 0 spiro atoms. The highest BCUT2D eigenvalue weighted by Gasteiger charge is 2.41. The Kier molecular flexibility index (Phi) is 7.23. The van der Waals surface area contributed by atoms with Crippen LogP contribution >= 0.6 is 12.4 Å². The molecule has 1 aliphatic heterocycles. The average Bonchev–Trinajstić information content (AvgIpc) is 3.13. The van der Waals surface area contributed by atoms with Gasteiger partial charge in [-0.2, -0.15) is 0 Å². The molecular weight excluding hydrogens is 280 g/mol. The van der Waals surface area contributed by atoms with Gasteiger partial charge in [-0.05, 0) is 38.5 Å². The van der Waals surface area contributed by atoms with Crippen molar-refractivity contribution in [2.24, 2.45) is 11.7 Å². The standard InChI is InChI=1S/C14H26N2O3.ClH/c1-14(10-15,11-4-5-11)16-13(17)6-8-18-9-12-3-2-7-19-12;/h11-12H,2-10,15H2,1H3,(H,16,17);1H. The van der Waals surface area contributed by atoms with Crippen molar-refractivity contribution < 1.29 is 14.3 Å². The lowest BCUT2D eigenvalue weighted by Crippen LogP contribution is -2.53. The van der Waals surface area contributed by atoms with Crippen LogP contribution in [0.1, 0.15) is 39.0 Å². The molecule has 0 radical (unpaired) electrons. The molecule has 0 aromatic carbocycles. The Labute approximate surface area is 127 Å². The number of amides is 1. The molecule has 1 saturated carbocycles. The number of ether oxygens (including phenoxy) is 2. The summed E-state index contributed by atoms with van der Waals surface area (Å²) >= 11 is 0. The molecule has 2 unspecified atom stereocenters. The summed E-state index contributed by atoms with van der Waals surface area (Å²) in [5.74, 6) is 0.585. The summed E-state index contributed by atoms with van der Waals surface area (Å²) in [7, 11) is 0. The quantitative estimate of drug-likeness (QED) is 0.662. The lowest BCUT2D eigenvalue weighted by atomic mass is 9.96. The van der Waals surface area contributed by atoms with Crippen LogP contribution in [-0.4, -0.2) is 43.9 Å². The van der Waals surface area contributed by atoms with Gasteiger partial charge in [0.2, 0.25) is 5.91 Å². The zero-order valence-corrected chi connectivity index (χ0v) is 13.0. The third kappa shape index (κ3) is 5.20. The van der Waals surface area contributed by atoms with E-state index in [1.807, 2.05) is 6.92 Å². The Morgan fingerprint density at radius 1 is 1.45 bits per heavy atom. The van der Waals surface area contributed by atoms with Crippen molar-refractivity contribution in [3.8, 4) is 0 Å². The Balaban J connectivity index is 0.00000200. The first-order valence-electron chi connectivity index (χ1n) is 7.34. The molecule has 0 bridgehead atoms. The van der Waals surface area contributed by atoms with Gasteiger partial charge in [0, 0.05) is 19.6 Å². The largest absolute Gasteiger partial charge is 0.378 e. The summed E-state index contributed by atoms with van der Waals surface area (Å²) in [4.78, 5) is 11.9. The van der Waals surface area contributed by atoms with E-state index in [1.54, 1.807) is 0 Å². The Morgan fingerprint density at radius 3 is 2.75 bits per heavy atom. The van der Waals surface area contributed by atoms with E-state index in [0.29, 0.717) is 32.1 Å². The summed E-state index contributed by atoms with van der Waals surface area (Å²) in [5.41, 5.74) is 5.54. The van der Waals surface area contributed by atoms with E-state index in [4.69, 9.17) is 15.2 Å². The maximum Gasteiger partial charge on any atom is 0.222 e. The summed E-state index contributed by atoms with van der Waals surface area (Å²) in [6.07, 6.45) is 5.15. The number of hydrogen-bond acceptors (Lipinski definition) is 4. The van der Waals surface area contributed by atoms with Crippen molar-refractivity contribution >= 4 is 18.3 Å². The van der Waals surface area contributed by atoms with Crippen LogP contribution < -0.4 is 11.1 Å². The number of nitrogens with one attached hydrogen (secondary N) is 1. The number of hydrogen-bond donors (Lipinski definition) is 2. The zero-order chi connectivity index (χ0) is 13.7. The normalized spacial score (nSPS) is 24.8. The van der Waals surface area contributed by atoms with Crippen molar-refractivity contribution in [1.29, 1.82) is 0 Å². The molecule has 2 aliphatic rings. The summed E-state index contributed by atoms with van der Waals surface area (Å²) < 4.78 is 11.0. The van der Waals surface area contributed by atoms with Crippen LogP contribution in [-0.2, 0) is 14.3 Å². The minimum atomic E-state index is -0.231. The fraction of sp³-hybridized carbons (Fsp3) is 0.929. The number of rotatable bonds is 8. The second-order valence-corrected chi connectivity index (χ2v) is 5.90. The van der Waals surface area contributed by atoms with E-state index in [9.17, 15) is 4.79 Å². The van der Waals surface area contributed by atoms with E-state index in [0.717, 1.165) is 19.4 Å². The maximum absolute atomic E-state index is 11.9. The predicted octanol–water partition coefficient (Wildman–Crippen LogP) is 1.24. The molecule has 1 aliphatic carbocycles. The van der Waals surface area contributed by atoms with Crippen molar-refractivity contribution in [2.45, 2.75) is 50.7 Å². The summed E-state index contributed by atoms with van der Waals surface area (Å²) in [6, 6.07) is 0. The zero-order valence-electron chi connectivity index (χ0n) is 12.2. The smallest absolute Gasteiger partial charge is 0.222 e. The fourth-order valence-electron chi connectivity index (χ4n) is 2.58. The third-order valence-electron chi connectivity index (χ3n) is 4.13. The van der Waals surface area contributed by atoms with Crippen LogP contribution in [0.3, 0.4) is 0 Å². The van der Waals surface area contributed by atoms with E-state index >= 15 is 0 Å². The van der Waals surface area contributed by atoms with Gasteiger partial charge < -0.3 is 20.5 Å². The van der Waals surface area contributed by atoms with Gasteiger partial charge in [-0.1, -0.05) is 0 Å². The first kappa shape index (κ1) is 17.7. The molecule has 3 N–H and O–H groups in total. The van der Waals surface area contributed by atoms with Crippen molar-refractivity contribution in [1.82, 2.24) is 5.32 Å². The van der Waals surface area contributed by atoms with E-state index in [1.165, 1.54) is 12.8 Å². The van der Waals surface area contributed by atoms with Crippen LogP contribution in [0.4, 0.5) is 0 Å². The van der Waals surface area contributed by atoms with Gasteiger partial charge in [-0.3, -0.25) is 4.79 Å². The second kappa shape index (κ2) is 8.17. The molecule has 1 saturated heterocycles. The van der Waals surface area contributed by atoms with Crippen molar-refractivity contribution in [2.75, 3.05) is 26.4 Å². The first-order chi connectivity index (χ1) is 9.14. The maximum atomic E-state index is 11.9. The number of carbonyl (C=O) groups is 1. The molecule has 1 heterocycles. The van der Waals surface area contributed by atoms with Gasteiger partial charge in [0.15, 0.2) is 0 Å². The topological polar surface area (TPSA) is 73.6 Å². The van der Waals surface area contributed by atoms with Gasteiger partial charge in [-0.15, -0.1) is 12.4 Å². The van der Waals surface area contributed by atoms with E-state index < -0.39 is 0 Å². The highest BCUT2D eigenvalue weighted by molar-refractivity contribution is 5.85. The molecule has 6 heteroatoms. The van der Waals surface area contributed by atoms with Gasteiger partial charge >= 0.3 is 0 Å². The fourth-order valence-corrected chi connectivity index (χ4v) is 2.58. The first-order valence-corrected chi connectivity index (χ1v) is 7.34. The highest BCUT2D eigenvalue weighted by Crippen LogP contribution is 2.38. The molecular formula is C14H27ClN2O3. The third-order valence-corrected chi connectivity index (χ3v) is 4.13. The van der Waals surface area contributed by atoms with Crippen LogP contribution in [0.15, 0.2) is 0 Å². The van der Waals surface area contributed by atoms with Crippen LogP contribution in [0.25, 0.3) is 0 Å². The summed E-state index contributed by atoms with van der Waals surface area (Å²) in [6.45, 7) is 4.43. The molecule has 0 aromatic heterocycles. The monoisotopic (exact) mass is 306 g/mol. The van der Waals surface area contributed by atoms with Gasteiger partial charge in [-0.25, -0.2) is 0 Å². The minimum Gasteiger partial charge on any atom is -0.378 e. The van der Waals surface area contributed by atoms with Gasteiger partial charge in [0.25, 0.3) is 0 Å². The molecule has 0 aromatic rings. The lowest BCUT2D eigenvalue weighted by Gasteiger charge is -2.29. The molecule has 118 valence electrons. The average molecular weight is 307 g/mol. The molecule has 2 fully saturated rings. The van der Waals surface area contributed by atoms with Crippen LogP contribution in [0.2, 0.25) is 0 Å². The Bertz CT molecular complexity index is 307. The minimum absolute atomic E-state index is 0. The molecule has 2 atom stereocenters. The second-order valence-electron chi connectivity index (χ2n) is 5.90. The number of carbonyl (C=O) groups excluding carboxylic acids is 1. The van der Waals surface area contributed by atoms with E-state index in [2.05, 4.69) is 5.32 Å². The summed E-state index contributed by atoms with van der Waals surface area (Å²) in [5, 5.41) is 3.06. The van der Waals surface area contributed by atoms with E-state index in [-0.39, 0.29) is 30.0 Å². The van der Waals surface area contributed by atoms with Gasteiger partial charge in [0.1, 0.15) is 0 Å². The Morgan fingerprint density at radius 2 is 2.20 bits per heavy atom. The van der Waals surface area contributed by atoms with Crippen molar-refractivity contribution in [3.05, 3.63) is 0 Å². The molecule has 20 heavy (non-hydrogen) atoms. The Hall–Kier alpha value is -0.360.